The summed E-state index contributed by atoms with van der Waals surface area (Å²) >= 11 is 0. The summed E-state index contributed by atoms with van der Waals surface area (Å²) in [6.07, 6.45) is 7.87. The highest BCUT2D eigenvalue weighted by molar-refractivity contribution is 5.86. The Kier molecular flexibility index (Phi) is 3.77. The summed E-state index contributed by atoms with van der Waals surface area (Å²) in [5, 5.41) is 11.0. The molecular formula is C13H20N4O2. The first kappa shape index (κ1) is 12.6. The molecule has 0 unspecified atom stereocenters. The van der Waals surface area contributed by atoms with E-state index in [1.54, 1.807) is 10.9 Å². The molecule has 1 saturated carbocycles. The molecule has 2 aliphatic rings. The molecule has 0 spiro atoms. The third-order valence-corrected chi connectivity index (χ3v) is 4.03. The largest absolute Gasteiger partial charge is 0.461 e. The topological polar surface area (TPSA) is 69.0 Å². The summed E-state index contributed by atoms with van der Waals surface area (Å²) in [7, 11) is 0. The van der Waals surface area contributed by atoms with Gasteiger partial charge in [-0.2, -0.15) is 0 Å². The van der Waals surface area contributed by atoms with Gasteiger partial charge < -0.3 is 10.1 Å². The lowest BCUT2D eigenvalue weighted by molar-refractivity contribution is 0.0403. The van der Waals surface area contributed by atoms with Crippen LogP contribution in [0, 0.1) is 5.92 Å². The molecule has 0 radical (unpaired) electrons. The zero-order valence-corrected chi connectivity index (χ0v) is 11.0. The van der Waals surface area contributed by atoms with Crippen molar-refractivity contribution in [3.05, 3.63) is 11.9 Å². The van der Waals surface area contributed by atoms with Crippen LogP contribution in [0.5, 0.6) is 0 Å². The van der Waals surface area contributed by atoms with E-state index in [0.29, 0.717) is 24.3 Å². The van der Waals surface area contributed by atoms with E-state index in [-0.39, 0.29) is 5.97 Å². The molecule has 0 atom stereocenters. The highest BCUT2D eigenvalue weighted by Gasteiger charge is 2.23. The summed E-state index contributed by atoms with van der Waals surface area (Å²) < 4.78 is 7.09. The van der Waals surface area contributed by atoms with Gasteiger partial charge in [-0.3, -0.25) is 0 Å². The molecule has 104 valence electrons. The molecule has 1 aliphatic carbocycles. The van der Waals surface area contributed by atoms with Crippen molar-refractivity contribution in [3.63, 3.8) is 0 Å². The number of esters is 1. The zero-order chi connectivity index (χ0) is 13.1. The fourth-order valence-electron chi connectivity index (χ4n) is 2.63. The van der Waals surface area contributed by atoms with Crippen molar-refractivity contribution in [1.29, 1.82) is 0 Å². The molecule has 1 aromatic rings. The van der Waals surface area contributed by atoms with Gasteiger partial charge >= 0.3 is 5.97 Å². The number of carbonyl (C=O) groups excluding carboxylic acids is 1. The molecule has 3 rings (SSSR count). The van der Waals surface area contributed by atoms with Crippen LogP contribution in [0.1, 0.15) is 48.6 Å². The van der Waals surface area contributed by atoms with E-state index in [9.17, 15) is 4.79 Å². The van der Waals surface area contributed by atoms with Crippen molar-refractivity contribution >= 4 is 5.97 Å². The average molecular weight is 264 g/mol. The van der Waals surface area contributed by atoms with Crippen molar-refractivity contribution in [2.75, 3.05) is 19.7 Å². The first-order valence-corrected chi connectivity index (χ1v) is 7.12. The summed E-state index contributed by atoms with van der Waals surface area (Å²) in [5.41, 5.74) is 0.322. The molecule has 6 heteroatoms. The standard InChI is InChI=1S/C13H20N4O2/c18-13(19-9-10-4-2-1-3-5-10)12-8-17(16-15-12)11-6-14-7-11/h8,10-11,14H,1-7,9H2. The summed E-state index contributed by atoms with van der Waals surface area (Å²) in [4.78, 5) is 11.9. The monoisotopic (exact) mass is 264 g/mol. The zero-order valence-electron chi connectivity index (χ0n) is 11.0. The molecule has 0 bridgehead atoms. The van der Waals surface area contributed by atoms with Crippen LogP contribution in [-0.4, -0.2) is 40.7 Å². The second kappa shape index (κ2) is 5.69. The molecule has 1 aliphatic heterocycles. The van der Waals surface area contributed by atoms with Crippen LogP contribution in [0.2, 0.25) is 0 Å². The van der Waals surface area contributed by atoms with Gasteiger partial charge in [0.1, 0.15) is 0 Å². The van der Waals surface area contributed by atoms with E-state index >= 15 is 0 Å². The number of rotatable bonds is 4. The van der Waals surface area contributed by atoms with Gasteiger partial charge in [-0.05, 0) is 18.8 Å². The number of hydrogen-bond acceptors (Lipinski definition) is 5. The van der Waals surface area contributed by atoms with Gasteiger partial charge in [-0.15, -0.1) is 5.10 Å². The van der Waals surface area contributed by atoms with Gasteiger partial charge in [0.2, 0.25) is 0 Å². The maximum atomic E-state index is 11.9. The lowest BCUT2D eigenvalue weighted by atomic mass is 9.90. The van der Waals surface area contributed by atoms with E-state index in [4.69, 9.17) is 4.74 Å². The van der Waals surface area contributed by atoms with Crippen LogP contribution in [0.4, 0.5) is 0 Å². The second-order valence-electron chi connectivity index (χ2n) is 5.50. The predicted molar refractivity (Wildman–Crippen MR) is 68.8 cm³/mol. The maximum Gasteiger partial charge on any atom is 0.360 e. The normalized spacial score (nSPS) is 21.1. The molecule has 0 amide bonds. The summed E-state index contributed by atoms with van der Waals surface area (Å²) in [5.74, 6) is 0.188. The molecular weight excluding hydrogens is 244 g/mol. The Bertz CT molecular complexity index is 436. The Morgan fingerprint density at radius 1 is 1.37 bits per heavy atom. The summed E-state index contributed by atoms with van der Waals surface area (Å²) in [6.45, 7) is 2.30. The van der Waals surface area contributed by atoms with E-state index in [1.807, 2.05) is 0 Å². The van der Waals surface area contributed by atoms with Gasteiger partial charge in [0, 0.05) is 13.1 Å². The van der Waals surface area contributed by atoms with E-state index in [2.05, 4.69) is 15.6 Å². The number of nitrogens with one attached hydrogen (secondary N) is 1. The van der Waals surface area contributed by atoms with Gasteiger partial charge in [-0.1, -0.05) is 24.5 Å². The summed E-state index contributed by atoms with van der Waals surface area (Å²) in [6, 6.07) is 0.326. The first-order valence-electron chi connectivity index (χ1n) is 7.12. The number of aromatic nitrogens is 3. The predicted octanol–water partition coefficient (Wildman–Crippen LogP) is 1.16. The minimum atomic E-state index is -0.343. The van der Waals surface area contributed by atoms with Crippen LogP contribution < -0.4 is 5.32 Å². The van der Waals surface area contributed by atoms with Crippen LogP contribution in [0.25, 0.3) is 0 Å². The van der Waals surface area contributed by atoms with E-state index in [0.717, 1.165) is 13.1 Å². The Morgan fingerprint density at radius 3 is 2.84 bits per heavy atom. The van der Waals surface area contributed by atoms with Crippen molar-refractivity contribution in [2.24, 2.45) is 5.92 Å². The fourth-order valence-corrected chi connectivity index (χ4v) is 2.63. The van der Waals surface area contributed by atoms with Gasteiger partial charge in [-0.25, -0.2) is 9.48 Å². The Morgan fingerprint density at radius 2 is 2.16 bits per heavy atom. The molecule has 6 nitrogen and oxygen atoms in total. The van der Waals surface area contributed by atoms with Crippen molar-refractivity contribution < 1.29 is 9.53 Å². The SMILES string of the molecule is O=C(OCC1CCCCC1)c1cn(C2CNC2)nn1. The second-order valence-corrected chi connectivity index (χ2v) is 5.50. The minimum absolute atomic E-state index is 0.322. The molecule has 19 heavy (non-hydrogen) atoms. The first-order chi connectivity index (χ1) is 9.33. The van der Waals surface area contributed by atoms with Crippen LogP contribution >= 0.6 is 0 Å². The minimum Gasteiger partial charge on any atom is -0.461 e. The van der Waals surface area contributed by atoms with Crippen molar-refractivity contribution in [2.45, 2.75) is 38.1 Å². The number of hydrogen-bond donors (Lipinski definition) is 1. The Balaban J connectivity index is 1.50. The van der Waals surface area contributed by atoms with Gasteiger partial charge in [0.05, 0.1) is 18.8 Å². The highest BCUT2D eigenvalue weighted by atomic mass is 16.5. The van der Waals surface area contributed by atoms with E-state index < -0.39 is 0 Å². The van der Waals surface area contributed by atoms with Crippen LogP contribution in [0.15, 0.2) is 6.20 Å². The number of nitrogens with zero attached hydrogens (tertiary/aromatic N) is 3. The maximum absolute atomic E-state index is 11.9. The third kappa shape index (κ3) is 2.94. The molecule has 1 aromatic heterocycles. The third-order valence-electron chi connectivity index (χ3n) is 4.03. The van der Waals surface area contributed by atoms with Crippen LogP contribution in [0.3, 0.4) is 0 Å². The molecule has 2 heterocycles. The number of ether oxygens (including phenoxy) is 1. The van der Waals surface area contributed by atoms with E-state index in [1.165, 1.54) is 32.1 Å². The average Bonchev–Trinajstić information content (AvgIpc) is 2.84. The Labute approximate surface area is 112 Å². The van der Waals surface area contributed by atoms with Crippen molar-refractivity contribution in [1.82, 2.24) is 20.3 Å². The van der Waals surface area contributed by atoms with Gasteiger partial charge in [0.15, 0.2) is 5.69 Å². The van der Waals surface area contributed by atoms with Crippen molar-refractivity contribution in [3.8, 4) is 0 Å². The smallest absolute Gasteiger partial charge is 0.360 e. The Hall–Kier alpha value is -1.43. The molecule has 1 saturated heterocycles. The lowest BCUT2D eigenvalue weighted by Gasteiger charge is -2.26. The molecule has 1 N–H and O–H groups in total. The molecule has 2 fully saturated rings. The quantitative estimate of drug-likeness (QED) is 0.826. The highest BCUT2D eigenvalue weighted by Crippen LogP contribution is 2.23. The lowest BCUT2D eigenvalue weighted by Crippen LogP contribution is -2.43. The van der Waals surface area contributed by atoms with Gasteiger partial charge in [0.25, 0.3) is 0 Å². The number of carbonyl (C=O) groups is 1. The fraction of sp³-hybridized carbons (Fsp3) is 0.769. The molecule has 0 aromatic carbocycles. The van der Waals surface area contributed by atoms with Crippen LogP contribution in [-0.2, 0) is 4.74 Å².